The molecule has 3 rings (SSSR count). The second kappa shape index (κ2) is 9.73. The smallest absolute Gasteiger partial charge is 0.231 e. The number of nitrogens with one attached hydrogen (secondary N) is 3. The van der Waals surface area contributed by atoms with E-state index in [1.54, 1.807) is 13.3 Å². The predicted molar refractivity (Wildman–Crippen MR) is 113 cm³/mol. The van der Waals surface area contributed by atoms with Crippen LogP contribution in [-0.2, 0) is 9.59 Å². The summed E-state index contributed by atoms with van der Waals surface area (Å²) < 4.78 is 5.21. The van der Waals surface area contributed by atoms with Crippen molar-refractivity contribution in [1.82, 2.24) is 15.5 Å². The van der Waals surface area contributed by atoms with Crippen molar-refractivity contribution in [2.75, 3.05) is 19.0 Å². The molecule has 0 fully saturated rings. The Kier molecular flexibility index (Phi) is 6.84. The number of hydrogen-bond donors (Lipinski definition) is 3. The highest BCUT2D eigenvalue weighted by molar-refractivity contribution is 5.97. The molecule has 0 saturated carbocycles. The molecule has 7 heteroatoms. The number of rotatable bonds is 9. The van der Waals surface area contributed by atoms with Gasteiger partial charge < -0.3 is 15.4 Å². The highest BCUT2D eigenvalue weighted by Crippen LogP contribution is 2.26. The quantitative estimate of drug-likeness (QED) is 0.517. The number of ether oxygens (including phenoxy) is 1. The van der Waals surface area contributed by atoms with E-state index < -0.39 is 5.92 Å². The number of nitrogens with zero attached hydrogens (tertiary/aromatic N) is 1. The van der Waals surface area contributed by atoms with E-state index in [0.29, 0.717) is 18.7 Å². The van der Waals surface area contributed by atoms with Crippen molar-refractivity contribution in [3.05, 3.63) is 54.2 Å². The van der Waals surface area contributed by atoms with Crippen LogP contribution in [0.15, 0.2) is 48.7 Å². The first-order valence-electron chi connectivity index (χ1n) is 9.75. The summed E-state index contributed by atoms with van der Waals surface area (Å²) in [5.41, 5.74) is 2.44. The minimum Gasteiger partial charge on any atom is -0.497 e. The first-order valence-corrected chi connectivity index (χ1v) is 9.75. The molecule has 0 aliphatic heterocycles. The zero-order valence-corrected chi connectivity index (χ0v) is 16.7. The van der Waals surface area contributed by atoms with Gasteiger partial charge in [0.05, 0.1) is 24.7 Å². The third kappa shape index (κ3) is 5.34. The van der Waals surface area contributed by atoms with E-state index in [1.807, 2.05) is 49.4 Å². The molecule has 0 aliphatic carbocycles. The third-order valence-corrected chi connectivity index (χ3v) is 4.77. The number of aromatic nitrogens is 2. The molecule has 2 aromatic carbocycles. The van der Waals surface area contributed by atoms with Gasteiger partial charge in [-0.05, 0) is 48.7 Å². The van der Waals surface area contributed by atoms with Gasteiger partial charge in [0, 0.05) is 24.0 Å². The van der Waals surface area contributed by atoms with Crippen molar-refractivity contribution in [2.45, 2.75) is 32.1 Å². The molecule has 1 aromatic heterocycles. The van der Waals surface area contributed by atoms with Gasteiger partial charge in [-0.15, -0.1) is 0 Å². The van der Waals surface area contributed by atoms with Gasteiger partial charge in [-0.1, -0.05) is 19.1 Å². The Morgan fingerprint density at radius 2 is 1.97 bits per heavy atom. The van der Waals surface area contributed by atoms with Crippen molar-refractivity contribution in [1.29, 1.82) is 0 Å². The molecule has 29 heavy (non-hydrogen) atoms. The minimum atomic E-state index is -0.451. The number of aromatic amines is 1. The number of benzene rings is 2. The average Bonchev–Trinajstić information content (AvgIpc) is 3.20. The second-order valence-corrected chi connectivity index (χ2v) is 6.88. The molecule has 3 N–H and O–H groups in total. The summed E-state index contributed by atoms with van der Waals surface area (Å²) >= 11 is 0. The van der Waals surface area contributed by atoms with Crippen LogP contribution in [0.5, 0.6) is 5.75 Å². The lowest BCUT2D eigenvalue weighted by Crippen LogP contribution is -2.26. The Bertz CT molecular complexity index is 966. The highest BCUT2D eigenvalue weighted by atomic mass is 16.5. The van der Waals surface area contributed by atoms with Crippen molar-refractivity contribution < 1.29 is 14.3 Å². The van der Waals surface area contributed by atoms with Gasteiger partial charge >= 0.3 is 0 Å². The van der Waals surface area contributed by atoms with E-state index in [1.165, 1.54) is 0 Å². The molecule has 7 nitrogen and oxygen atoms in total. The molecular formula is C22H26N4O3. The molecule has 0 radical (unpaired) electrons. The van der Waals surface area contributed by atoms with Crippen LogP contribution in [0.3, 0.4) is 0 Å². The zero-order valence-electron chi connectivity index (χ0n) is 16.7. The topological polar surface area (TPSA) is 96.1 Å². The molecule has 2 amide bonds. The number of hydrogen-bond acceptors (Lipinski definition) is 4. The predicted octanol–water partition coefficient (Wildman–Crippen LogP) is 3.60. The maximum absolute atomic E-state index is 13.1. The fourth-order valence-electron chi connectivity index (χ4n) is 3.16. The van der Waals surface area contributed by atoms with E-state index in [4.69, 9.17) is 4.74 Å². The Hall–Kier alpha value is -3.35. The lowest BCUT2D eigenvalue weighted by atomic mass is 9.92. The number of fused-ring (bicyclic) bond motifs is 1. The summed E-state index contributed by atoms with van der Waals surface area (Å²) in [5.74, 6) is 0.0756. The summed E-state index contributed by atoms with van der Waals surface area (Å²) in [5, 5.41) is 13.6. The summed E-state index contributed by atoms with van der Waals surface area (Å²) in [6, 6.07) is 13.0. The SMILES string of the molecule is CCCNC(=O)CCC(C(=O)Nc1ccc2[nH]ncc2c1)c1ccc(OC)cc1. The summed E-state index contributed by atoms with van der Waals surface area (Å²) in [6.45, 7) is 2.65. The zero-order chi connectivity index (χ0) is 20.6. The molecule has 1 unspecified atom stereocenters. The van der Waals surface area contributed by atoms with Crippen LogP contribution in [0.1, 0.15) is 37.7 Å². The fraction of sp³-hybridized carbons (Fsp3) is 0.318. The third-order valence-electron chi connectivity index (χ3n) is 4.77. The number of methoxy groups -OCH3 is 1. The Morgan fingerprint density at radius 1 is 1.17 bits per heavy atom. The first kappa shape index (κ1) is 20.4. The van der Waals surface area contributed by atoms with E-state index >= 15 is 0 Å². The van der Waals surface area contributed by atoms with Gasteiger partial charge in [0.2, 0.25) is 11.8 Å². The number of H-pyrrole nitrogens is 1. The number of carbonyl (C=O) groups excluding carboxylic acids is 2. The van der Waals surface area contributed by atoms with Gasteiger partial charge in [0.25, 0.3) is 0 Å². The van der Waals surface area contributed by atoms with Crippen molar-refractivity contribution in [3.63, 3.8) is 0 Å². The molecule has 1 atom stereocenters. The molecule has 152 valence electrons. The Labute approximate surface area is 169 Å². The highest BCUT2D eigenvalue weighted by Gasteiger charge is 2.22. The molecular weight excluding hydrogens is 368 g/mol. The average molecular weight is 394 g/mol. The number of carbonyl (C=O) groups is 2. The van der Waals surface area contributed by atoms with Gasteiger partial charge in [-0.2, -0.15) is 5.10 Å². The molecule has 0 aliphatic rings. The van der Waals surface area contributed by atoms with Crippen molar-refractivity contribution in [2.24, 2.45) is 0 Å². The maximum Gasteiger partial charge on any atom is 0.231 e. The van der Waals surface area contributed by atoms with Gasteiger partial charge in [-0.3, -0.25) is 14.7 Å². The molecule has 0 bridgehead atoms. The lowest BCUT2D eigenvalue weighted by molar-refractivity contribution is -0.121. The normalized spacial score (nSPS) is 11.8. The Balaban J connectivity index is 1.76. The number of anilines is 1. The van der Waals surface area contributed by atoms with E-state index in [9.17, 15) is 9.59 Å². The van der Waals surface area contributed by atoms with Gasteiger partial charge in [-0.25, -0.2) is 0 Å². The minimum absolute atomic E-state index is 0.0435. The van der Waals surface area contributed by atoms with E-state index in [-0.39, 0.29) is 18.2 Å². The van der Waals surface area contributed by atoms with E-state index in [0.717, 1.165) is 28.6 Å². The second-order valence-electron chi connectivity index (χ2n) is 6.88. The van der Waals surface area contributed by atoms with Crippen LogP contribution in [0.2, 0.25) is 0 Å². The molecule has 1 heterocycles. The Morgan fingerprint density at radius 3 is 2.69 bits per heavy atom. The molecule has 3 aromatic rings. The molecule has 0 saturated heterocycles. The summed E-state index contributed by atoms with van der Waals surface area (Å²) in [7, 11) is 1.60. The molecule has 0 spiro atoms. The van der Waals surface area contributed by atoms with Crippen LogP contribution >= 0.6 is 0 Å². The van der Waals surface area contributed by atoms with Crippen LogP contribution in [0.25, 0.3) is 10.9 Å². The maximum atomic E-state index is 13.1. The fourth-order valence-corrected chi connectivity index (χ4v) is 3.16. The van der Waals surface area contributed by atoms with Crippen LogP contribution in [-0.4, -0.2) is 35.7 Å². The van der Waals surface area contributed by atoms with Crippen molar-refractivity contribution >= 4 is 28.4 Å². The van der Waals surface area contributed by atoms with Crippen LogP contribution < -0.4 is 15.4 Å². The number of amides is 2. The van der Waals surface area contributed by atoms with E-state index in [2.05, 4.69) is 20.8 Å². The van der Waals surface area contributed by atoms with Crippen LogP contribution in [0, 0.1) is 0 Å². The first-order chi connectivity index (χ1) is 14.1. The largest absolute Gasteiger partial charge is 0.497 e. The van der Waals surface area contributed by atoms with Gasteiger partial charge in [0.1, 0.15) is 5.75 Å². The summed E-state index contributed by atoms with van der Waals surface area (Å²) in [4.78, 5) is 25.1. The lowest BCUT2D eigenvalue weighted by Gasteiger charge is -2.18. The summed E-state index contributed by atoms with van der Waals surface area (Å²) in [6.07, 6.45) is 3.29. The van der Waals surface area contributed by atoms with Crippen molar-refractivity contribution in [3.8, 4) is 5.75 Å². The standard InChI is InChI=1S/C22H26N4O3/c1-3-12-23-21(27)11-9-19(15-4-7-18(29-2)8-5-15)22(28)25-17-6-10-20-16(13-17)14-24-26-20/h4-8,10,13-14,19H,3,9,11-12H2,1-2H3,(H,23,27)(H,24,26)(H,25,28). The van der Waals surface area contributed by atoms with Crippen LogP contribution in [0.4, 0.5) is 5.69 Å². The van der Waals surface area contributed by atoms with Gasteiger partial charge in [0.15, 0.2) is 0 Å². The monoisotopic (exact) mass is 394 g/mol.